The molecule has 0 radical (unpaired) electrons. The third-order valence-corrected chi connectivity index (χ3v) is 2.25. The summed E-state index contributed by atoms with van der Waals surface area (Å²) < 4.78 is 0.981. The quantitative estimate of drug-likeness (QED) is 0.738. The Bertz CT molecular complexity index is 212. The normalized spacial score (nSPS) is 9.90. The first-order valence-corrected chi connectivity index (χ1v) is 3.90. The summed E-state index contributed by atoms with van der Waals surface area (Å²) in [6, 6.07) is 5.87. The van der Waals surface area contributed by atoms with E-state index in [0.29, 0.717) is 0 Å². The third kappa shape index (κ3) is 1.39. The summed E-state index contributed by atoms with van der Waals surface area (Å²) in [4.78, 5) is 0. The van der Waals surface area contributed by atoms with Crippen molar-refractivity contribution in [3.05, 3.63) is 33.8 Å². The van der Waals surface area contributed by atoms with Crippen molar-refractivity contribution in [2.75, 3.05) is 0 Å². The molecule has 0 aliphatic heterocycles. The lowest BCUT2D eigenvalue weighted by molar-refractivity contribution is 0.280. The molecule has 0 amide bonds. The Labute approximate surface area is 68.8 Å². The number of aliphatic hydroxyl groups is 1. The van der Waals surface area contributed by atoms with Crippen molar-refractivity contribution in [2.24, 2.45) is 0 Å². The van der Waals surface area contributed by atoms with Gasteiger partial charge in [0.15, 0.2) is 0 Å². The highest BCUT2D eigenvalue weighted by Gasteiger charge is 1.99. The molecule has 1 aromatic carbocycles. The largest absolute Gasteiger partial charge is 0.392 e. The average Bonchev–Trinajstić information content (AvgIpc) is 1.88. The first-order chi connectivity index (χ1) is 4.75. The second-order valence-electron chi connectivity index (χ2n) is 2.19. The molecule has 54 valence electrons. The second-order valence-corrected chi connectivity index (χ2v) is 3.05. The number of rotatable bonds is 1. The fraction of sp³-hybridized carbons (Fsp3) is 0.250. The standard InChI is InChI=1S/C8H9BrO/c1-6-3-2-4-8(9)7(6)5-10/h2-4,10H,5H2,1H3. The molecule has 0 saturated heterocycles. The number of halogens is 1. The highest BCUT2D eigenvalue weighted by molar-refractivity contribution is 9.10. The Balaban J connectivity index is 3.17. The Kier molecular flexibility index (Phi) is 2.46. The summed E-state index contributed by atoms with van der Waals surface area (Å²) in [6.45, 7) is 2.09. The van der Waals surface area contributed by atoms with Crippen molar-refractivity contribution in [3.63, 3.8) is 0 Å². The summed E-state index contributed by atoms with van der Waals surface area (Å²) in [7, 11) is 0. The van der Waals surface area contributed by atoms with E-state index in [9.17, 15) is 0 Å². The first-order valence-electron chi connectivity index (χ1n) is 3.10. The van der Waals surface area contributed by atoms with Crippen LogP contribution in [0.5, 0.6) is 0 Å². The van der Waals surface area contributed by atoms with E-state index < -0.39 is 0 Å². The Hall–Kier alpha value is -0.340. The van der Waals surface area contributed by atoms with Crippen LogP contribution in [0.1, 0.15) is 11.1 Å². The zero-order chi connectivity index (χ0) is 7.56. The predicted molar refractivity (Wildman–Crippen MR) is 44.8 cm³/mol. The van der Waals surface area contributed by atoms with Crippen LogP contribution in [0.25, 0.3) is 0 Å². The zero-order valence-corrected chi connectivity index (χ0v) is 7.35. The maximum atomic E-state index is 8.87. The van der Waals surface area contributed by atoms with E-state index in [-0.39, 0.29) is 6.61 Å². The fourth-order valence-corrected chi connectivity index (χ4v) is 1.46. The van der Waals surface area contributed by atoms with Gasteiger partial charge in [-0.2, -0.15) is 0 Å². The molecule has 1 nitrogen and oxygen atoms in total. The summed E-state index contributed by atoms with van der Waals surface area (Å²) >= 11 is 3.35. The van der Waals surface area contributed by atoms with Gasteiger partial charge in [0.1, 0.15) is 0 Å². The minimum atomic E-state index is 0.104. The van der Waals surface area contributed by atoms with Gasteiger partial charge in [0.2, 0.25) is 0 Å². The number of aryl methyl sites for hydroxylation is 1. The number of hydrogen-bond donors (Lipinski definition) is 1. The van der Waals surface area contributed by atoms with Crippen LogP contribution in [0.4, 0.5) is 0 Å². The van der Waals surface area contributed by atoms with Gasteiger partial charge in [-0.3, -0.25) is 0 Å². The van der Waals surface area contributed by atoms with Crippen molar-refractivity contribution in [3.8, 4) is 0 Å². The molecule has 0 atom stereocenters. The molecule has 1 aromatic rings. The van der Waals surface area contributed by atoms with Crippen molar-refractivity contribution in [1.82, 2.24) is 0 Å². The molecule has 0 aliphatic rings. The smallest absolute Gasteiger partial charge is 0.0695 e. The maximum Gasteiger partial charge on any atom is 0.0695 e. The van der Waals surface area contributed by atoms with Gasteiger partial charge in [0, 0.05) is 4.47 Å². The molecule has 1 rings (SSSR count). The van der Waals surface area contributed by atoms with Crippen molar-refractivity contribution in [1.29, 1.82) is 0 Å². The summed E-state index contributed by atoms with van der Waals surface area (Å²) in [6.07, 6.45) is 0. The van der Waals surface area contributed by atoms with Crippen LogP contribution in [0.15, 0.2) is 22.7 Å². The van der Waals surface area contributed by atoms with Crippen LogP contribution in [0.3, 0.4) is 0 Å². The molecule has 10 heavy (non-hydrogen) atoms. The molecule has 0 spiro atoms. The molecule has 0 unspecified atom stereocenters. The molecular weight excluding hydrogens is 192 g/mol. The van der Waals surface area contributed by atoms with Gasteiger partial charge in [-0.1, -0.05) is 28.1 Å². The number of benzene rings is 1. The molecule has 0 saturated carbocycles. The van der Waals surface area contributed by atoms with Gasteiger partial charge in [-0.05, 0) is 24.1 Å². The Morgan fingerprint density at radius 2 is 2.20 bits per heavy atom. The average molecular weight is 201 g/mol. The summed E-state index contributed by atoms with van der Waals surface area (Å²) in [5.74, 6) is 0. The van der Waals surface area contributed by atoms with Gasteiger partial charge >= 0.3 is 0 Å². The molecule has 0 aromatic heterocycles. The molecule has 0 fully saturated rings. The van der Waals surface area contributed by atoms with Crippen LogP contribution >= 0.6 is 15.9 Å². The summed E-state index contributed by atoms with van der Waals surface area (Å²) in [5, 5.41) is 8.87. The molecular formula is C8H9BrO. The van der Waals surface area contributed by atoms with Gasteiger partial charge in [0.25, 0.3) is 0 Å². The Morgan fingerprint density at radius 3 is 2.60 bits per heavy atom. The van der Waals surface area contributed by atoms with Crippen LogP contribution < -0.4 is 0 Å². The van der Waals surface area contributed by atoms with Crippen molar-refractivity contribution >= 4 is 15.9 Å². The maximum absolute atomic E-state index is 8.87. The second kappa shape index (κ2) is 3.17. The number of hydrogen-bond acceptors (Lipinski definition) is 1. The van der Waals surface area contributed by atoms with Crippen LogP contribution in [-0.2, 0) is 6.61 Å². The van der Waals surface area contributed by atoms with Crippen LogP contribution in [0.2, 0.25) is 0 Å². The topological polar surface area (TPSA) is 20.2 Å². The van der Waals surface area contributed by atoms with Crippen molar-refractivity contribution in [2.45, 2.75) is 13.5 Å². The Morgan fingerprint density at radius 1 is 1.50 bits per heavy atom. The van der Waals surface area contributed by atoms with E-state index in [0.717, 1.165) is 15.6 Å². The van der Waals surface area contributed by atoms with E-state index in [2.05, 4.69) is 15.9 Å². The third-order valence-electron chi connectivity index (χ3n) is 1.51. The lowest BCUT2D eigenvalue weighted by atomic mass is 10.1. The predicted octanol–water partition coefficient (Wildman–Crippen LogP) is 2.25. The minimum absolute atomic E-state index is 0.104. The van der Waals surface area contributed by atoms with E-state index in [1.165, 1.54) is 0 Å². The monoisotopic (exact) mass is 200 g/mol. The van der Waals surface area contributed by atoms with Crippen molar-refractivity contribution < 1.29 is 5.11 Å². The molecule has 1 N–H and O–H groups in total. The molecule has 0 bridgehead atoms. The highest BCUT2D eigenvalue weighted by Crippen LogP contribution is 2.19. The SMILES string of the molecule is Cc1cccc(Br)c1CO. The van der Waals surface area contributed by atoms with E-state index >= 15 is 0 Å². The lowest BCUT2D eigenvalue weighted by Gasteiger charge is -2.02. The fourth-order valence-electron chi connectivity index (χ4n) is 0.867. The molecule has 0 aliphatic carbocycles. The van der Waals surface area contributed by atoms with Gasteiger partial charge < -0.3 is 5.11 Å². The highest BCUT2D eigenvalue weighted by atomic mass is 79.9. The summed E-state index contributed by atoms with van der Waals surface area (Å²) in [5.41, 5.74) is 2.10. The lowest BCUT2D eigenvalue weighted by Crippen LogP contribution is -1.88. The van der Waals surface area contributed by atoms with Gasteiger partial charge in [0.05, 0.1) is 6.61 Å². The van der Waals surface area contributed by atoms with E-state index in [1.54, 1.807) is 0 Å². The van der Waals surface area contributed by atoms with Gasteiger partial charge in [-0.15, -0.1) is 0 Å². The van der Waals surface area contributed by atoms with Crippen LogP contribution in [0, 0.1) is 6.92 Å². The minimum Gasteiger partial charge on any atom is -0.392 e. The van der Waals surface area contributed by atoms with E-state index in [1.807, 2.05) is 25.1 Å². The van der Waals surface area contributed by atoms with E-state index in [4.69, 9.17) is 5.11 Å². The number of aliphatic hydroxyl groups excluding tert-OH is 1. The van der Waals surface area contributed by atoms with Crippen LogP contribution in [-0.4, -0.2) is 5.11 Å². The molecule has 0 heterocycles. The molecule has 2 heteroatoms. The van der Waals surface area contributed by atoms with Gasteiger partial charge in [-0.25, -0.2) is 0 Å². The zero-order valence-electron chi connectivity index (χ0n) is 5.76. The first kappa shape index (κ1) is 7.76.